The second-order valence-electron chi connectivity index (χ2n) is 8.20. The SMILES string of the molecule is CC.COc1ccc(O)cc1NCCCCNC1=CC(c2ccccc2C)Nc2c(C)cnn21.NC=O. The molecule has 37 heavy (non-hydrogen) atoms. The molecule has 0 radical (unpaired) electrons. The maximum Gasteiger partial charge on any atom is 0.204 e. The number of carbonyl (C=O) groups excluding carboxylic acids is 1. The van der Waals surface area contributed by atoms with Crippen LogP contribution in [0.4, 0.5) is 11.5 Å². The second kappa shape index (κ2) is 15.1. The zero-order chi connectivity index (χ0) is 27.2. The van der Waals surface area contributed by atoms with Crippen molar-refractivity contribution in [1.82, 2.24) is 15.1 Å². The van der Waals surface area contributed by atoms with E-state index in [1.165, 1.54) is 11.1 Å². The van der Waals surface area contributed by atoms with Crippen molar-refractivity contribution in [2.24, 2.45) is 5.73 Å². The number of rotatable bonds is 9. The standard InChI is InChI=1S/C25H31N5O2.C2H6.CH3NO/c1-17-8-4-5-9-20(17)21-15-24(30-25(29-21)18(2)16-28-30)27-13-7-6-12-26-22-14-19(31)10-11-23(22)32-3;1-2;2-1-3/h4-5,8-11,14-16,21,26-27,29,31H,6-7,12-13H2,1-3H3;1-2H3;1H,(H2,2,3). The first-order valence-corrected chi connectivity index (χ1v) is 12.6. The number of nitrogens with zero attached hydrogens (tertiary/aromatic N) is 2. The van der Waals surface area contributed by atoms with Gasteiger partial charge in [0.15, 0.2) is 0 Å². The minimum Gasteiger partial charge on any atom is -0.508 e. The number of nitrogens with one attached hydrogen (secondary N) is 3. The molecule has 3 aromatic rings. The Balaban J connectivity index is 0.000000898. The number of hydrogen-bond acceptors (Lipinski definition) is 7. The van der Waals surface area contributed by atoms with Crippen molar-refractivity contribution in [3.63, 3.8) is 0 Å². The molecule has 0 bridgehead atoms. The molecule has 4 rings (SSSR count). The number of aryl methyl sites for hydroxylation is 2. The Hall–Kier alpha value is -4.14. The number of aromatic hydroxyl groups is 1. The number of nitrogens with two attached hydrogens (primary N) is 1. The number of fused-ring (bicyclic) bond motifs is 1. The first-order valence-electron chi connectivity index (χ1n) is 12.6. The van der Waals surface area contributed by atoms with Gasteiger partial charge in [-0.2, -0.15) is 5.10 Å². The molecular formula is C28H40N6O3. The van der Waals surface area contributed by atoms with Gasteiger partial charge >= 0.3 is 0 Å². The zero-order valence-corrected chi connectivity index (χ0v) is 22.4. The Morgan fingerprint density at radius 1 is 1.11 bits per heavy atom. The Morgan fingerprint density at radius 3 is 2.46 bits per heavy atom. The summed E-state index contributed by atoms with van der Waals surface area (Å²) in [6.07, 6.45) is 6.31. The summed E-state index contributed by atoms with van der Waals surface area (Å²) in [4.78, 5) is 8.58. The maximum atomic E-state index is 9.70. The molecular weight excluding hydrogens is 468 g/mol. The van der Waals surface area contributed by atoms with E-state index < -0.39 is 0 Å². The number of ether oxygens (including phenoxy) is 1. The molecule has 1 aliphatic heterocycles. The highest BCUT2D eigenvalue weighted by Crippen LogP contribution is 2.32. The van der Waals surface area contributed by atoms with E-state index in [1.807, 2.05) is 24.7 Å². The number of hydrogen-bond donors (Lipinski definition) is 5. The largest absolute Gasteiger partial charge is 0.508 e. The van der Waals surface area contributed by atoms with Crippen molar-refractivity contribution in [3.8, 4) is 11.5 Å². The number of phenolic OH excluding ortho intramolecular Hbond substituents is 1. The molecule has 6 N–H and O–H groups in total. The third-order valence-corrected chi connectivity index (χ3v) is 5.73. The monoisotopic (exact) mass is 508 g/mol. The number of benzene rings is 2. The number of primary amides is 1. The molecule has 2 heterocycles. The van der Waals surface area contributed by atoms with E-state index in [-0.39, 0.29) is 18.2 Å². The summed E-state index contributed by atoms with van der Waals surface area (Å²) in [6, 6.07) is 13.6. The van der Waals surface area contributed by atoms with Crippen LogP contribution in [0.1, 0.15) is 49.4 Å². The molecule has 0 fully saturated rings. The molecule has 1 aromatic heterocycles. The molecule has 0 saturated heterocycles. The predicted octanol–water partition coefficient (Wildman–Crippen LogP) is 4.79. The summed E-state index contributed by atoms with van der Waals surface area (Å²) in [5.41, 5.74) is 8.63. The van der Waals surface area contributed by atoms with E-state index in [2.05, 4.69) is 71.0 Å². The van der Waals surface area contributed by atoms with Gasteiger partial charge < -0.3 is 31.5 Å². The quantitative estimate of drug-likeness (QED) is 0.208. The van der Waals surface area contributed by atoms with Gasteiger partial charge in [0.2, 0.25) is 6.41 Å². The average molecular weight is 509 g/mol. The lowest BCUT2D eigenvalue weighted by molar-refractivity contribution is -0.106. The van der Waals surface area contributed by atoms with Gasteiger partial charge in [-0.25, -0.2) is 4.68 Å². The lowest BCUT2D eigenvalue weighted by atomic mass is 10.00. The fourth-order valence-corrected chi connectivity index (χ4v) is 3.97. The van der Waals surface area contributed by atoms with Gasteiger partial charge in [0.25, 0.3) is 0 Å². The molecule has 200 valence electrons. The summed E-state index contributed by atoms with van der Waals surface area (Å²) in [6.45, 7) is 9.85. The van der Waals surface area contributed by atoms with Gasteiger partial charge in [0.1, 0.15) is 23.1 Å². The van der Waals surface area contributed by atoms with Crippen LogP contribution >= 0.6 is 0 Å². The number of anilines is 2. The van der Waals surface area contributed by atoms with Crippen LogP contribution in [0, 0.1) is 13.8 Å². The number of methoxy groups -OCH3 is 1. The molecule has 1 atom stereocenters. The van der Waals surface area contributed by atoms with Crippen molar-refractivity contribution in [1.29, 1.82) is 0 Å². The number of unbranched alkanes of at least 4 members (excludes halogenated alkanes) is 1. The van der Waals surface area contributed by atoms with Crippen LogP contribution in [0.25, 0.3) is 5.82 Å². The normalized spacial score (nSPS) is 13.3. The van der Waals surface area contributed by atoms with Crippen LogP contribution in [-0.2, 0) is 4.79 Å². The highest BCUT2D eigenvalue weighted by molar-refractivity contribution is 5.63. The topological polar surface area (TPSA) is 126 Å². The molecule has 0 saturated carbocycles. The van der Waals surface area contributed by atoms with Crippen molar-refractivity contribution < 1.29 is 14.6 Å². The highest BCUT2D eigenvalue weighted by atomic mass is 16.5. The lowest BCUT2D eigenvalue weighted by Gasteiger charge is -2.27. The van der Waals surface area contributed by atoms with Gasteiger partial charge in [-0.05, 0) is 56.0 Å². The Kier molecular flexibility index (Phi) is 11.9. The molecule has 9 nitrogen and oxygen atoms in total. The molecule has 1 amide bonds. The predicted molar refractivity (Wildman–Crippen MR) is 151 cm³/mol. The van der Waals surface area contributed by atoms with Gasteiger partial charge in [-0.15, -0.1) is 0 Å². The van der Waals surface area contributed by atoms with E-state index in [4.69, 9.17) is 9.53 Å². The van der Waals surface area contributed by atoms with Crippen LogP contribution in [-0.4, -0.2) is 41.5 Å². The third kappa shape index (κ3) is 7.93. The van der Waals surface area contributed by atoms with Crippen LogP contribution in [0.2, 0.25) is 0 Å². The lowest BCUT2D eigenvalue weighted by Crippen LogP contribution is -2.27. The number of phenols is 1. The zero-order valence-electron chi connectivity index (χ0n) is 22.4. The Bertz CT molecular complexity index is 1160. The minimum atomic E-state index is 0.0986. The summed E-state index contributed by atoms with van der Waals surface area (Å²) in [7, 11) is 1.63. The molecule has 9 heteroatoms. The number of aromatic nitrogens is 2. The van der Waals surface area contributed by atoms with Crippen molar-refractivity contribution in [2.45, 2.75) is 46.6 Å². The number of amides is 1. The van der Waals surface area contributed by atoms with Crippen LogP contribution < -0.4 is 26.4 Å². The summed E-state index contributed by atoms with van der Waals surface area (Å²) >= 11 is 0. The Labute approximate surface area is 219 Å². The van der Waals surface area contributed by atoms with E-state index in [0.29, 0.717) is 0 Å². The molecule has 1 aliphatic rings. The smallest absolute Gasteiger partial charge is 0.204 e. The maximum absolute atomic E-state index is 9.70. The van der Waals surface area contributed by atoms with E-state index in [1.54, 1.807) is 25.3 Å². The van der Waals surface area contributed by atoms with Gasteiger partial charge in [0, 0.05) is 24.7 Å². The second-order valence-corrected chi connectivity index (χ2v) is 8.20. The summed E-state index contributed by atoms with van der Waals surface area (Å²) in [5, 5.41) is 24.8. The van der Waals surface area contributed by atoms with Crippen LogP contribution in [0.5, 0.6) is 11.5 Å². The third-order valence-electron chi connectivity index (χ3n) is 5.73. The van der Waals surface area contributed by atoms with E-state index in [9.17, 15) is 5.11 Å². The summed E-state index contributed by atoms with van der Waals surface area (Å²) in [5.74, 6) is 2.98. The highest BCUT2D eigenvalue weighted by Gasteiger charge is 2.23. The van der Waals surface area contributed by atoms with Gasteiger partial charge in [-0.3, -0.25) is 4.79 Å². The fourth-order valence-electron chi connectivity index (χ4n) is 3.97. The van der Waals surface area contributed by atoms with Crippen LogP contribution in [0.3, 0.4) is 0 Å². The van der Waals surface area contributed by atoms with Crippen molar-refractivity contribution >= 4 is 23.7 Å². The molecule has 2 aromatic carbocycles. The van der Waals surface area contributed by atoms with E-state index in [0.717, 1.165) is 54.6 Å². The summed E-state index contributed by atoms with van der Waals surface area (Å²) < 4.78 is 7.28. The minimum absolute atomic E-state index is 0.0986. The first kappa shape index (κ1) is 29.1. The molecule has 0 aliphatic carbocycles. The van der Waals surface area contributed by atoms with Gasteiger partial charge in [-0.1, -0.05) is 38.1 Å². The molecule has 1 unspecified atom stereocenters. The van der Waals surface area contributed by atoms with Crippen LogP contribution in [0.15, 0.2) is 54.7 Å². The van der Waals surface area contributed by atoms with Crippen molar-refractivity contribution in [3.05, 3.63) is 71.4 Å². The first-order chi connectivity index (χ1) is 18.0. The average Bonchev–Trinajstić information content (AvgIpc) is 3.28. The van der Waals surface area contributed by atoms with Gasteiger partial charge in [0.05, 0.1) is 25.0 Å². The Morgan fingerprint density at radius 2 is 1.78 bits per heavy atom. The van der Waals surface area contributed by atoms with Crippen molar-refractivity contribution in [2.75, 3.05) is 30.8 Å². The fraction of sp³-hybridized carbons (Fsp3) is 0.357. The van der Waals surface area contributed by atoms with E-state index >= 15 is 0 Å². The molecule has 0 spiro atoms. The number of carbonyl (C=O) groups is 1.